The number of benzene rings is 3. The first-order chi connectivity index (χ1) is 14.8. The molecule has 0 radical (unpaired) electrons. The summed E-state index contributed by atoms with van der Waals surface area (Å²) >= 11 is 0. The Kier molecular flexibility index (Phi) is 4.69. The van der Waals surface area contributed by atoms with Crippen molar-refractivity contribution in [3.8, 4) is 0 Å². The minimum absolute atomic E-state index is 0.220. The second-order valence-electron chi connectivity index (χ2n) is 7.24. The lowest BCUT2D eigenvalue weighted by molar-refractivity contribution is 0.0930. The minimum atomic E-state index is -0.305. The van der Waals surface area contributed by atoms with Crippen molar-refractivity contribution in [2.75, 3.05) is 0 Å². The van der Waals surface area contributed by atoms with Gasteiger partial charge in [0, 0.05) is 5.39 Å². The van der Waals surface area contributed by atoms with Crippen LogP contribution in [0.15, 0.2) is 91.0 Å². The van der Waals surface area contributed by atoms with Crippen LogP contribution in [0.4, 0.5) is 0 Å². The molecule has 1 atom stereocenters. The van der Waals surface area contributed by atoms with E-state index in [-0.39, 0.29) is 11.9 Å². The monoisotopic (exact) mass is 392 g/mol. The van der Waals surface area contributed by atoms with Gasteiger partial charge in [-0.15, -0.1) is 0 Å². The van der Waals surface area contributed by atoms with Crippen LogP contribution in [-0.4, -0.2) is 20.9 Å². The van der Waals surface area contributed by atoms with Crippen LogP contribution in [0.2, 0.25) is 0 Å². The Balaban J connectivity index is 1.47. The Labute approximate surface area is 173 Å². The quantitative estimate of drug-likeness (QED) is 0.450. The maximum Gasteiger partial charge on any atom is 0.270 e. The van der Waals surface area contributed by atoms with Crippen LogP contribution < -0.4 is 5.32 Å². The number of rotatable bonds is 5. The highest BCUT2D eigenvalue weighted by atomic mass is 16.1. The van der Waals surface area contributed by atoms with Gasteiger partial charge >= 0.3 is 0 Å². The Morgan fingerprint density at radius 1 is 0.800 bits per heavy atom. The molecule has 5 nitrogen and oxygen atoms in total. The summed E-state index contributed by atoms with van der Waals surface area (Å²) in [7, 11) is 0. The van der Waals surface area contributed by atoms with Crippen molar-refractivity contribution in [3.05, 3.63) is 108 Å². The zero-order valence-corrected chi connectivity index (χ0v) is 16.2. The molecule has 0 spiro atoms. The molecule has 30 heavy (non-hydrogen) atoms. The molecule has 0 aliphatic rings. The summed E-state index contributed by atoms with van der Waals surface area (Å²) in [4.78, 5) is 25.7. The van der Waals surface area contributed by atoms with E-state index in [4.69, 9.17) is 4.98 Å². The number of amides is 1. The molecule has 5 rings (SSSR count). The van der Waals surface area contributed by atoms with Crippen LogP contribution >= 0.6 is 0 Å². The molecular formula is C25H20N4O. The van der Waals surface area contributed by atoms with Crippen molar-refractivity contribution in [3.63, 3.8) is 0 Å². The van der Waals surface area contributed by atoms with Crippen LogP contribution in [0, 0.1) is 0 Å². The Bertz CT molecular complexity index is 1290. The van der Waals surface area contributed by atoms with E-state index >= 15 is 0 Å². The molecule has 0 bridgehead atoms. The standard InChI is InChI=1S/C25H20N4O/c30-25(22-15-14-18-10-4-5-11-19(18)26-22)29-23(16-17-8-2-1-3-9-17)24-27-20-12-6-7-13-21(20)28-24/h1-15,23H,16H2,(H,27,28)(H,29,30). The molecule has 0 saturated carbocycles. The third kappa shape index (κ3) is 3.65. The van der Waals surface area contributed by atoms with E-state index in [9.17, 15) is 4.79 Å². The molecule has 5 aromatic rings. The van der Waals surface area contributed by atoms with Crippen LogP contribution in [-0.2, 0) is 6.42 Å². The fourth-order valence-corrected chi connectivity index (χ4v) is 3.63. The molecule has 2 heterocycles. The molecule has 0 fully saturated rings. The zero-order valence-electron chi connectivity index (χ0n) is 16.2. The molecular weight excluding hydrogens is 372 g/mol. The van der Waals surface area contributed by atoms with Crippen LogP contribution in [0.5, 0.6) is 0 Å². The van der Waals surface area contributed by atoms with Gasteiger partial charge < -0.3 is 10.3 Å². The maximum atomic E-state index is 13.1. The average molecular weight is 392 g/mol. The number of hydrogen-bond donors (Lipinski definition) is 2. The third-order valence-electron chi connectivity index (χ3n) is 5.16. The predicted octanol–water partition coefficient (Wildman–Crippen LogP) is 4.82. The summed E-state index contributed by atoms with van der Waals surface area (Å²) in [6.45, 7) is 0. The molecule has 2 N–H and O–H groups in total. The van der Waals surface area contributed by atoms with Crippen molar-refractivity contribution in [1.29, 1.82) is 0 Å². The number of H-pyrrole nitrogens is 1. The van der Waals surface area contributed by atoms with E-state index < -0.39 is 0 Å². The van der Waals surface area contributed by atoms with Gasteiger partial charge in [-0.1, -0.05) is 66.7 Å². The van der Waals surface area contributed by atoms with Gasteiger partial charge in [0.1, 0.15) is 11.5 Å². The van der Waals surface area contributed by atoms with E-state index in [0.29, 0.717) is 12.1 Å². The number of pyridine rings is 1. The molecule has 146 valence electrons. The lowest BCUT2D eigenvalue weighted by Crippen LogP contribution is -2.31. The van der Waals surface area contributed by atoms with Crippen molar-refractivity contribution >= 4 is 27.8 Å². The number of fused-ring (bicyclic) bond motifs is 2. The Morgan fingerprint density at radius 3 is 2.37 bits per heavy atom. The van der Waals surface area contributed by atoms with Gasteiger partial charge in [-0.05, 0) is 36.2 Å². The summed E-state index contributed by atoms with van der Waals surface area (Å²) in [6.07, 6.45) is 0.625. The van der Waals surface area contributed by atoms with Gasteiger partial charge in [-0.3, -0.25) is 4.79 Å². The van der Waals surface area contributed by atoms with E-state index in [1.54, 1.807) is 6.07 Å². The van der Waals surface area contributed by atoms with Crippen molar-refractivity contribution < 1.29 is 4.79 Å². The molecule has 2 aromatic heterocycles. The van der Waals surface area contributed by atoms with Gasteiger partial charge in [-0.2, -0.15) is 0 Å². The molecule has 0 saturated heterocycles. The highest BCUT2D eigenvalue weighted by Crippen LogP contribution is 2.21. The fraction of sp³-hybridized carbons (Fsp3) is 0.0800. The van der Waals surface area contributed by atoms with E-state index in [1.165, 1.54) is 0 Å². The van der Waals surface area contributed by atoms with Gasteiger partial charge in [0.2, 0.25) is 0 Å². The molecule has 3 aromatic carbocycles. The molecule has 1 amide bonds. The Hall–Kier alpha value is -3.99. The second-order valence-corrected chi connectivity index (χ2v) is 7.24. The van der Waals surface area contributed by atoms with Crippen molar-refractivity contribution in [2.45, 2.75) is 12.5 Å². The van der Waals surface area contributed by atoms with Crippen LogP contribution in [0.3, 0.4) is 0 Å². The number of aromatic amines is 1. The normalized spacial score (nSPS) is 12.1. The number of carbonyl (C=O) groups is 1. The first kappa shape index (κ1) is 18.1. The largest absolute Gasteiger partial charge is 0.340 e. The highest BCUT2D eigenvalue weighted by Gasteiger charge is 2.20. The SMILES string of the molecule is O=C(NC(Cc1ccccc1)c1nc2ccccc2[nH]1)c1ccc2ccccc2n1. The summed E-state index contributed by atoms with van der Waals surface area (Å²) < 4.78 is 0. The average Bonchev–Trinajstić information content (AvgIpc) is 3.23. The van der Waals surface area contributed by atoms with Crippen molar-refractivity contribution in [1.82, 2.24) is 20.3 Å². The molecule has 0 aliphatic carbocycles. The number of imidazole rings is 1. The van der Waals surface area contributed by atoms with Gasteiger partial charge in [0.15, 0.2) is 0 Å². The van der Waals surface area contributed by atoms with E-state index in [2.05, 4.69) is 27.4 Å². The van der Waals surface area contributed by atoms with Gasteiger partial charge in [0.25, 0.3) is 5.91 Å². The third-order valence-corrected chi connectivity index (χ3v) is 5.16. The number of para-hydroxylation sites is 3. The van der Waals surface area contributed by atoms with Gasteiger partial charge in [-0.25, -0.2) is 9.97 Å². The topological polar surface area (TPSA) is 70.7 Å². The smallest absolute Gasteiger partial charge is 0.270 e. The number of nitrogens with zero attached hydrogens (tertiary/aromatic N) is 2. The van der Waals surface area contributed by atoms with Crippen LogP contribution in [0.25, 0.3) is 21.9 Å². The molecule has 0 aliphatic heterocycles. The van der Waals surface area contributed by atoms with Crippen molar-refractivity contribution in [2.24, 2.45) is 0 Å². The summed E-state index contributed by atoms with van der Waals surface area (Å²) in [6, 6.07) is 29.1. The Morgan fingerprint density at radius 2 is 1.53 bits per heavy atom. The highest BCUT2D eigenvalue weighted by molar-refractivity contribution is 5.95. The minimum Gasteiger partial charge on any atom is -0.340 e. The number of nitrogens with one attached hydrogen (secondary N) is 2. The zero-order chi connectivity index (χ0) is 20.3. The van der Waals surface area contributed by atoms with Gasteiger partial charge in [0.05, 0.1) is 22.6 Å². The van der Waals surface area contributed by atoms with E-state index in [0.717, 1.165) is 33.3 Å². The number of aromatic nitrogens is 3. The first-order valence-corrected chi connectivity index (χ1v) is 9.91. The predicted molar refractivity (Wildman–Crippen MR) is 118 cm³/mol. The number of carbonyl (C=O) groups excluding carboxylic acids is 1. The summed E-state index contributed by atoms with van der Waals surface area (Å²) in [5, 5.41) is 4.14. The first-order valence-electron chi connectivity index (χ1n) is 9.91. The summed E-state index contributed by atoms with van der Waals surface area (Å²) in [5.41, 5.74) is 4.14. The second kappa shape index (κ2) is 7.79. The number of hydrogen-bond acceptors (Lipinski definition) is 3. The molecule has 1 unspecified atom stereocenters. The van der Waals surface area contributed by atoms with E-state index in [1.807, 2.05) is 72.8 Å². The summed E-state index contributed by atoms with van der Waals surface area (Å²) in [5.74, 6) is 0.510. The fourth-order valence-electron chi connectivity index (χ4n) is 3.63. The van der Waals surface area contributed by atoms with Crippen LogP contribution in [0.1, 0.15) is 27.9 Å². The lowest BCUT2D eigenvalue weighted by atomic mass is 10.1. The molecule has 5 heteroatoms. The maximum absolute atomic E-state index is 13.1. The lowest BCUT2D eigenvalue weighted by Gasteiger charge is -2.17.